The van der Waals surface area contributed by atoms with Crippen molar-refractivity contribution >= 4 is 29.3 Å². The van der Waals surface area contributed by atoms with Crippen molar-refractivity contribution in [3.05, 3.63) is 28.8 Å². The molecule has 0 aromatic heterocycles. The molecule has 2 rings (SSSR count). The molecule has 0 bridgehead atoms. The van der Waals surface area contributed by atoms with Crippen molar-refractivity contribution in [1.29, 1.82) is 0 Å². The Bertz CT molecular complexity index is 477. The van der Waals surface area contributed by atoms with E-state index in [0.717, 1.165) is 29.2 Å². The van der Waals surface area contributed by atoms with Crippen LogP contribution in [0.5, 0.6) is 0 Å². The van der Waals surface area contributed by atoms with Crippen molar-refractivity contribution in [3.8, 4) is 0 Å². The van der Waals surface area contributed by atoms with Gasteiger partial charge in [-0.2, -0.15) is 0 Å². The fourth-order valence-electron chi connectivity index (χ4n) is 2.43. The highest BCUT2D eigenvalue weighted by atomic mass is 35.5. The Kier molecular flexibility index (Phi) is 5.75. The molecule has 1 aliphatic heterocycles. The van der Waals surface area contributed by atoms with Crippen LogP contribution in [-0.4, -0.2) is 18.2 Å². The Morgan fingerprint density at radius 2 is 2.40 bits per heavy atom. The molecule has 0 aliphatic carbocycles. The van der Waals surface area contributed by atoms with Gasteiger partial charge in [0.2, 0.25) is 5.91 Å². The zero-order valence-electron chi connectivity index (χ0n) is 11.7. The summed E-state index contributed by atoms with van der Waals surface area (Å²) >= 11 is 7.89. The molecule has 0 spiro atoms. The third kappa shape index (κ3) is 3.90. The lowest BCUT2D eigenvalue weighted by Crippen LogP contribution is -2.33. The van der Waals surface area contributed by atoms with Gasteiger partial charge in [-0.25, -0.2) is 0 Å². The highest BCUT2D eigenvalue weighted by Crippen LogP contribution is 2.37. The van der Waals surface area contributed by atoms with Gasteiger partial charge < -0.3 is 11.1 Å². The topological polar surface area (TPSA) is 55.1 Å². The number of carbonyl (C=O) groups excluding carboxylic acids is 1. The second kappa shape index (κ2) is 7.34. The maximum Gasteiger partial charge on any atom is 0.220 e. The SMILES string of the molecule is CCC(CN)CC(=O)NC1CCSc2ccc(Cl)cc21. The highest BCUT2D eigenvalue weighted by Gasteiger charge is 2.23. The van der Waals surface area contributed by atoms with E-state index >= 15 is 0 Å². The molecule has 3 nitrogen and oxygen atoms in total. The molecule has 20 heavy (non-hydrogen) atoms. The molecule has 1 aromatic rings. The van der Waals surface area contributed by atoms with Crippen molar-refractivity contribution in [2.75, 3.05) is 12.3 Å². The fraction of sp³-hybridized carbons (Fsp3) is 0.533. The van der Waals surface area contributed by atoms with E-state index in [-0.39, 0.29) is 17.9 Å². The Balaban J connectivity index is 2.04. The number of amides is 1. The smallest absolute Gasteiger partial charge is 0.220 e. The van der Waals surface area contributed by atoms with Gasteiger partial charge in [-0.3, -0.25) is 4.79 Å². The summed E-state index contributed by atoms with van der Waals surface area (Å²) in [6, 6.07) is 5.98. The summed E-state index contributed by atoms with van der Waals surface area (Å²) in [5.74, 6) is 1.38. The lowest BCUT2D eigenvalue weighted by Gasteiger charge is -2.26. The van der Waals surface area contributed by atoms with Crippen molar-refractivity contribution in [3.63, 3.8) is 0 Å². The zero-order chi connectivity index (χ0) is 14.5. The van der Waals surface area contributed by atoms with Crippen LogP contribution in [0.2, 0.25) is 5.02 Å². The monoisotopic (exact) mass is 312 g/mol. The summed E-state index contributed by atoms with van der Waals surface area (Å²) in [7, 11) is 0. The number of halogens is 1. The van der Waals surface area contributed by atoms with Crippen LogP contribution in [0, 0.1) is 5.92 Å². The van der Waals surface area contributed by atoms with E-state index in [9.17, 15) is 4.79 Å². The van der Waals surface area contributed by atoms with Crippen molar-refractivity contribution < 1.29 is 4.79 Å². The van der Waals surface area contributed by atoms with Gasteiger partial charge in [0.15, 0.2) is 0 Å². The Hall–Kier alpha value is -0.710. The largest absolute Gasteiger partial charge is 0.349 e. The molecule has 0 saturated heterocycles. The number of thioether (sulfide) groups is 1. The first-order valence-corrected chi connectivity index (χ1v) is 8.42. The third-order valence-electron chi connectivity index (χ3n) is 3.73. The molecule has 1 heterocycles. The Labute approximate surface area is 129 Å². The van der Waals surface area contributed by atoms with Crippen LogP contribution in [-0.2, 0) is 4.79 Å². The number of rotatable bonds is 5. The van der Waals surface area contributed by atoms with E-state index in [1.54, 1.807) is 0 Å². The number of carbonyl (C=O) groups is 1. The van der Waals surface area contributed by atoms with Crippen LogP contribution in [0.1, 0.15) is 37.8 Å². The molecule has 5 heteroatoms. The van der Waals surface area contributed by atoms with Crippen LogP contribution in [0.4, 0.5) is 0 Å². The second-order valence-electron chi connectivity index (χ2n) is 5.15. The summed E-state index contributed by atoms with van der Waals surface area (Å²) in [5, 5.41) is 3.86. The lowest BCUT2D eigenvalue weighted by molar-refractivity contribution is -0.122. The van der Waals surface area contributed by atoms with E-state index < -0.39 is 0 Å². The van der Waals surface area contributed by atoms with E-state index in [4.69, 9.17) is 17.3 Å². The van der Waals surface area contributed by atoms with Crippen molar-refractivity contribution in [2.45, 2.75) is 37.1 Å². The number of fused-ring (bicyclic) bond motifs is 1. The van der Waals surface area contributed by atoms with E-state index in [0.29, 0.717) is 13.0 Å². The van der Waals surface area contributed by atoms with Crippen LogP contribution in [0.25, 0.3) is 0 Å². The van der Waals surface area contributed by atoms with E-state index in [1.807, 2.05) is 30.0 Å². The lowest BCUT2D eigenvalue weighted by atomic mass is 10.00. The van der Waals surface area contributed by atoms with E-state index in [1.165, 1.54) is 4.90 Å². The van der Waals surface area contributed by atoms with Gasteiger partial charge in [0.1, 0.15) is 0 Å². The van der Waals surface area contributed by atoms with Gasteiger partial charge in [0.05, 0.1) is 6.04 Å². The number of nitrogens with one attached hydrogen (secondary N) is 1. The van der Waals surface area contributed by atoms with Crippen LogP contribution < -0.4 is 11.1 Å². The average molecular weight is 313 g/mol. The first kappa shape index (κ1) is 15.7. The van der Waals surface area contributed by atoms with Gasteiger partial charge in [0, 0.05) is 22.1 Å². The minimum atomic E-state index is 0.0766. The average Bonchev–Trinajstić information content (AvgIpc) is 2.45. The standard InChI is InChI=1S/C15H21ClN2OS/c1-2-10(9-17)7-15(19)18-13-5-6-20-14-4-3-11(16)8-12(13)14/h3-4,8,10,13H,2,5-7,9,17H2,1H3,(H,18,19). The Morgan fingerprint density at radius 1 is 1.60 bits per heavy atom. The third-order valence-corrected chi connectivity index (χ3v) is 5.09. The summed E-state index contributed by atoms with van der Waals surface area (Å²) in [5.41, 5.74) is 6.80. The Morgan fingerprint density at radius 3 is 3.10 bits per heavy atom. The maximum atomic E-state index is 12.1. The molecular weight excluding hydrogens is 292 g/mol. The molecule has 110 valence electrons. The summed E-state index contributed by atoms with van der Waals surface area (Å²) in [6.45, 7) is 2.63. The molecule has 2 unspecified atom stereocenters. The molecule has 0 saturated carbocycles. The first-order chi connectivity index (χ1) is 9.63. The van der Waals surface area contributed by atoms with Crippen LogP contribution >= 0.6 is 23.4 Å². The number of benzene rings is 1. The molecular formula is C15H21ClN2OS. The van der Waals surface area contributed by atoms with Gasteiger partial charge >= 0.3 is 0 Å². The van der Waals surface area contributed by atoms with E-state index in [2.05, 4.69) is 12.2 Å². The maximum absolute atomic E-state index is 12.1. The van der Waals surface area contributed by atoms with Gasteiger partial charge in [-0.15, -0.1) is 11.8 Å². The second-order valence-corrected chi connectivity index (χ2v) is 6.73. The number of hydrogen-bond acceptors (Lipinski definition) is 3. The minimum Gasteiger partial charge on any atom is -0.349 e. The molecule has 0 fully saturated rings. The summed E-state index contributed by atoms with van der Waals surface area (Å²) < 4.78 is 0. The number of hydrogen-bond donors (Lipinski definition) is 2. The molecule has 1 aliphatic rings. The van der Waals surface area contributed by atoms with Crippen LogP contribution in [0.15, 0.2) is 23.1 Å². The molecule has 1 amide bonds. The molecule has 3 N–H and O–H groups in total. The van der Waals surface area contributed by atoms with Gasteiger partial charge in [0.25, 0.3) is 0 Å². The molecule has 2 atom stereocenters. The van der Waals surface area contributed by atoms with Gasteiger partial charge in [-0.05, 0) is 42.6 Å². The predicted octanol–water partition coefficient (Wildman–Crippen LogP) is 3.37. The first-order valence-electron chi connectivity index (χ1n) is 7.05. The summed E-state index contributed by atoms with van der Waals surface area (Å²) in [6.07, 6.45) is 2.39. The van der Waals surface area contributed by atoms with Crippen molar-refractivity contribution in [2.24, 2.45) is 11.7 Å². The fourth-order valence-corrected chi connectivity index (χ4v) is 3.71. The highest BCUT2D eigenvalue weighted by molar-refractivity contribution is 7.99. The predicted molar refractivity (Wildman–Crippen MR) is 85.1 cm³/mol. The molecule has 1 aromatic carbocycles. The minimum absolute atomic E-state index is 0.0766. The van der Waals surface area contributed by atoms with Crippen LogP contribution in [0.3, 0.4) is 0 Å². The van der Waals surface area contributed by atoms with Crippen molar-refractivity contribution in [1.82, 2.24) is 5.32 Å². The normalized spacial score (nSPS) is 19.2. The molecule has 0 radical (unpaired) electrons. The number of nitrogens with two attached hydrogens (primary N) is 1. The quantitative estimate of drug-likeness (QED) is 0.876. The summed E-state index contributed by atoms with van der Waals surface area (Å²) in [4.78, 5) is 13.3. The van der Waals surface area contributed by atoms with Gasteiger partial charge in [-0.1, -0.05) is 24.9 Å². The zero-order valence-corrected chi connectivity index (χ0v) is 13.3.